The summed E-state index contributed by atoms with van der Waals surface area (Å²) < 4.78 is 0. The fraction of sp³-hybridized carbons (Fsp3) is 0.312. The van der Waals surface area contributed by atoms with Crippen LogP contribution in [-0.2, 0) is 15.0 Å². The van der Waals surface area contributed by atoms with Crippen LogP contribution in [-0.4, -0.2) is 27.9 Å². The van der Waals surface area contributed by atoms with E-state index in [0.29, 0.717) is 24.8 Å². The second-order valence-corrected chi connectivity index (χ2v) is 5.60. The lowest BCUT2D eigenvalue weighted by Gasteiger charge is -2.35. The van der Waals surface area contributed by atoms with Crippen molar-refractivity contribution in [1.82, 2.24) is 10.3 Å². The maximum absolute atomic E-state index is 12.4. The zero-order chi connectivity index (χ0) is 15.9. The van der Waals surface area contributed by atoms with Gasteiger partial charge in [-0.05, 0) is 36.6 Å². The molecule has 2 amide bonds. The van der Waals surface area contributed by atoms with Gasteiger partial charge in [-0.1, -0.05) is 13.0 Å². The van der Waals surface area contributed by atoms with Crippen LogP contribution in [0.2, 0.25) is 0 Å². The van der Waals surface area contributed by atoms with Crippen molar-refractivity contribution in [1.29, 1.82) is 0 Å². The quantitative estimate of drug-likeness (QED) is 0.754. The summed E-state index contributed by atoms with van der Waals surface area (Å²) in [5, 5.41) is 12.2. The summed E-state index contributed by atoms with van der Waals surface area (Å²) >= 11 is 0. The van der Waals surface area contributed by atoms with Crippen molar-refractivity contribution in [2.24, 2.45) is 0 Å². The smallest absolute Gasteiger partial charge is 0.352 e. The number of nitrogens with one attached hydrogen (secondary N) is 2. The van der Waals surface area contributed by atoms with Gasteiger partial charge in [-0.15, -0.1) is 0 Å². The first kappa shape index (κ1) is 14.3. The second-order valence-electron chi connectivity index (χ2n) is 5.60. The van der Waals surface area contributed by atoms with Gasteiger partial charge in [-0.3, -0.25) is 14.9 Å². The van der Waals surface area contributed by atoms with Crippen LogP contribution in [0.4, 0.5) is 0 Å². The van der Waals surface area contributed by atoms with E-state index in [2.05, 4.69) is 10.3 Å². The Morgan fingerprint density at radius 2 is 2.09 bits per heavy atom. The van der Waals surface area contributed by atoms with Gasteiger partial charge >= 0.3 is 5.97 Å². The first-order valence-electron chi connectivity index (χ1n) is 7.17. The molecule has 0 spiro atoms. The average molecular weight is 300 g/mol. The van der Waals surface area contributed by atoms with Crippen molar-refractivity contribution in [2.45, 2.75) is 31.6 Å². The Bertz CT molecular complexity index is 793. The van der Waals surface area contributed by atoms with Crippen molar-refractivity contribution in [3.05, 3.63) is 35.5 Å². The van der Waals surface area contributed by atoms with E-state index in [1.54, 1.807) is 12.1 Å². The number of carbonyl (C=O) groups is 3. The molecule has 0 saturated carbocycles. The predicted molar refractivity (Wildman–Crippen MR) is 79.6 cm³/mol. The average Bonchev–Trinajstić information content (AvgIpc) is 2.91. The Hall–Kier alpha value is -2.63. The van der Waals surface area contributed by atoms with Gasteiger partial charge in [0, 0.05) is 17.3 Å². The van der Waals surface area contributed by atoms with Gasteiger partial charge in [-0.25, -0.2) is 4.79 Å². The summed E-state index contributed by atoms with van der Waals surface area (Å²) in [6, 6.07) is 6.98. The van der Waals surface area contributed by atoms with Gasteiger partial charge < -0.3 is 10.1 Å². The number of carboxylic acid groups (broad SMARTS) is 1. The number of H-pyrrole nitrogens is 1. The Kier molecular flexibility index (Phi) is 3.24. The van der Waals surface area contributed by atoms with Crippen LogP contribution in [0.1, 0.15) is 42.2 Å². The van der Waals surface area contributed by atoms with Gasteiger partial charge in [-0.2, -0.15) is 0 Å². The summed E-state index contributed by atoms with van der Waals surface area (Å²) in [6.45, 7) is 1.92. The molecule has 114 valence electrons. The van der Waals surface area contributed by atoms with E-state index >= 15 is 0 Å². The second kappa shape index (κ2) is 4.98. The zero-order valence-electron chi connectivity index (χ0n) is 12.1. The number of aromatic amines is 1. The number of benzene rings is 1. The molecule has 2 aromatic rings. The molecule has 1 unspecified atom stereocenters. The molecule has 3 rings (SSSR count). The number of carboxylic acids is 1. The van der Waals surface area contributed by atoms with E-state index in [0.717, 1.165) is 10.9 Å². The topological polar surface area (TPSA) is 99.3 Å². The highest BCUT2D eigenvalue weighted by Crippen LogP contribution is 2.37. The number of aromatic nitrogens is 1. The van der Waals surface area contributed by atoms with Crippen LogP contribution in [0.5, 0.6) is 0 Å². The Balaban J connectivity index is 2.09. The lowest BCUT2D eigenvalue weighted by atomic mass is 9.71. The van der Waals surface area contributed by atoms with E-state index in [1.807, 2.05) is 19.1 Å². The molecule has 6 heteroatoms. The van der Waals surface area contributed by atoms with Gasteiger partial charge in [0.25, 0.3) is 0 Å². The van der Waals surface area contributed by atoms with Crippen molar-refractivity contribution in [3.63, 3.8) is 0 Å². The number of hydrogen-bond donors (Lipinski definition) is 3. The molecule has 1 aromatic carbocycles. The monoisotopic (exact) mass is 300 g/mol. The molecule has 0 bridgehead atoms. The van der Waals surface area contributed by atoms with Crippen LogP contribution in [0.3, 0.4) is 0 Å². The van der Waals surface area contributed by atoms with Crippen LogP contribution in [0.15, 0.2) is 24.3 Å². The highest BCUT2D eigenvalue weighted by molar-refractivity contribution is 6.04. The van der Waals surface area contributed by atoms with Crippen molar-refractivity contribution in [3.8, 4) is 0 Å². The fourth-order valence-electron chi connectivity index (χ4n) is 3.11. The summed E-state index contributed by atoms with van der Waals surface area (Å²) in [5.41, 5.74) is 0.895. The van der Waals surface area contributed by atoms with Crippen molar-refractivity contribution < 1.29 is 19.5 Å². The molecule has 22 heavy (non-hydrogen) atoms. The maximum atomic E-state index is 12.4. The third-order valence-corrected chi connectivity index (χ3v) is 4.47. The summed E-state index contributed by atoms with van der Waals surface area (Å²) in [7, 11) is 0. The SMILES string of the molecule is CCC1(c2ccc3[nH]c(C(=O)O)cc3c2)CCC(=O)NC1=O. The molecule has 1 fully saturated rings. The molecule has 1 aliphatic heterocycles. The molecular formula is C16H16N2O4. The normalized spacial score (nSPS) is 21.9. The molecule has 3 N–H and O–H groups in total. The molecule has 0 aliphatic carbocycles. The Morgan fingerprint density at radius 1 is 1.32 bits per heavy atom. The first-order valence-corrected chi connectivity index (χ1v) is 7.17. The number of rotatable bonds is 3. The third-order valence-electron chi connectivity index (χ3n) is 4.47. The highest BCUT2D eigenvalue weighted by atomic mass is 16.4. The minimum Gasteiger partial charge on any atom is -0.477 e. The molecular weight excluding hydrogens is 284 g/mol. The highest BCUT2D eigenvalue weighted by Gasteiger charge is 2.42. The molecule has 1 aliphatic rings. The van der Waals surface area contributed by atoms with Crippen molar-refractivity contribution >= 4 is 28.7 Å². The van der Waals surface area contributed by atoms with Gasteiger partial charge in [0.05, 0.1) is 5.41 Å². The molecule has 1 aromatic heterocycles. The zero-order valence-corrected chi connectivity index (χ0v) is 12.1. The van der Waals surface area contributed by atoms with Gasteiger partial charge in [0.1, 0.15) is 5.69 Å². The minimum atomic E-state index is -1.02. The Labute approximate surface area is 126 Å². The largest absolute Gasteiger partial charge is 0.477 e. The summed E-state index contributed by atoms with van der Waals surface area (Å²) in [4.78, 5) is 37.6. The van der Waals surface area contributed by atoms with E-state index < -0.39 is 11.4 Å². The maximum Gasteiger partial charge on any atom is 0.352 e. The minimum absolute atomic E-state index is 0.112. The number of hydrogen-bond acceptors (Lipinski definition) is 3. The van der Waals surface area contributed by atoms with E-state index in [-0.39, 0.29) is 17.5 Å². The standard InChI is InChI=1S/C16H16N2O4/c1-2-16(6-5-13(19)18-15(16)22)10-3-4-11-9(7-10)8-12(17-11)14(20)21/h3-4,7-8,17H,2,5-6H2,1H3,(H,20,21)(H,18,19,22). The van der Waals surface area contributed by atoms with Crippen LogP contribution < -0.4 is 5.32 Å². The number of fused-ring (bicyclic) bond motifs is 1. The Morgan fingerprint density at radius 3 is 2.73 bits per heavy atom. The molecule has 6 nitrogen and oxygen atoms in total. The van der Waals surface area contributed by atoms with Crippen molar-refractivity contribution in [2.75, 3.05) is 0 Å². The molecule has 1 atom stereocenters. The number of aromatic carboxylic acids is 1. The third kappa shape index (κ3) is 2.07. The van der Waals surface area contributed by atoms with Gasteiger partial charge in [0.15, 0.2) is 0 Å². The molecule has 2 heterocycles. The lowest BCUT2D eigenvalue weighted by molar-refractivity contribution is -0.138. The lowest BCUT2D eigenvalue weighted by Crippen LogP contribution is -2.51. The van der Waals surface area contributed by atoms with E-state index in [4.69, 9.17) is 5.11 Å². The summed E-state index contributed by atoms with van der Waals surface area (Å²) in [6.07, 6.45) is 1.36. The van der Waals surface area contributed by atoms with Crippen LogP contribution in [0, 0.1) is 0 Å². The number of carbonyl (C=O) groups excluding carboxylic acids is 2. The van der Waals surface area contributed by atoms with E-state index in [1.165, 1.54) is 0 Å². The number of imide groups is 1. The van der Waals surface area contributed by atoms with E-state index in [9.17, 15) is 14.4 Å². The van der Waals surface area contributed by atoms with Gasteiger partial charge in [0.2, 0.25) is 11.8 Å². The van der Waals surface area contributed by atoms with Crippen LogP contribution in [0.25, 0.3) is 10.9 Å². The summed E-state index contributed by atoms with van der Waals surface area (Å²) in [5.74, 6) is -1.55. The number of amides is 2. The first-order chi connectivity index (χ1) is 10.5. The molecule has 0 radical (unpaired) electrons. The van der Waals surface area contributed by atoms with Crippen LogP contribution >= 0.6 is 0 Å². The number of piperidine rings is 1. The predicted octanol–water partition coefficient (Wildman–Crippen LogP) is 1.95. The molecule has 1 saturated heterocycles. The fourth-order valence-corrected chi connectivity index (χ4v) is 3.11.